The molecule has 1 heterocycles. The van der Waals surface area contributed by atoms with Crippen LogP contribution in [-0.2, 0) is 4.79 Å². The van der Waals surface area contributed by atoms with Crippen LogP contribution in [0.5, 0.6) is 5.75 Å². The Balaban J connectivity index is 2.11. The molecule has 0 atom stereocenters. The van der Waals surface area contributed by atoms with Crippen LogP contribution >= 0.6 is 0 Å². The Morgan fingerprint density at radius 2 is 2.05 bits per heavy atom. The minimum atomic E-state index is -1.24. The number of nitrogens with one attached hydrogen (secondary N) is 1. The summed E-state index contributed by atoms with van der Waals surface area (Å²) in [5, 5.41) is 20.9. The number of furan rings is 1. The average molecular weight is 287 g/mol. The predicted octanol–water partition coefficient (Wildman–Crippen LogP) is 2.73. The third-order valence-electron chi connectivity index (χ3n) is 2.75. The molecule has 6 nitrogen and oxygen atoms in total. The van der Waals surface area contributed by atoms with Crippen molar-refractivity contribution in [3.63, 3.8) is 0 Å². The van der Waals surface area contributed by atoms with Crippen molar-refractivity contribution in [2.24, 2.45) is 0 Å². The van der Waals surface area contributed by atoms with E-state index in [2.05, 4.69) is 5.32 Å². The third kappa shape index (κ3) is 3.50. The van der Waals surface area contributed by atoms with E-state index in [-0.39, 0.29) is 5.56 Å². The lowest BCUT2D eigenvalue weighted by molar-refractivity contribution is -0.111. The monoisotopic (exact) mass is 287 g/mol. The van der Waals surface area contributed by atoms with E-state index in [1.54, 1.807) is 19.1 Å². The van der Waals surface area contributed by atoms with Crippen molar-refractivity contribution in [2.75, 3.05) is 5.32 Å². The molecule has 0 saturated carbocycles. The molecule has 3 N–H and O–H groups in total. The van der Waals surface area contributed by atoms with E-state index in [0.717, 1.165) is 0 Å². The van der Waals surface area contributed by atoms with Gasteiger partial charge in [-0.3, -0.25) is 4.79 Å². The van der Waals surface area contributed by atoms with Gasteiger partial charge in [0, 0.05) is 17.8 Å². The summed E-state index contributed by atoms with van der Waals surface area (Å²) < 4.78 is 5.15. The van der Waals surface area contributed by atoms with E-state index in [1.165, 1.54) is 30.5 Å². The number of carboxylic acids is 1. The Morgan fingerprint density at radius 1 is 1.29 bits per heavy atom. The first-order chi connectivity index (χ1) is 9.97. The summed E-state index contributed by atoms with van der Waals surface area (Å²) in [5.74, 6) is -1.48. The van der Waals surface area contributed by atoms with E-state index in [9.17, 15) is 14.7 Å². The van der Waals surface area contributed by atoms with Gasteiger partial charge in [0.05, 0.1) is 6.26 Å². The number of aromatic hydroxyl groups is 1. The summed E-state index contributed by atoms with van der Waals surface area (Å²) in [4.78, 5) is 22.6. The van der Waals surface area contributed by atoms with Crippen LogP contribution in [0, 0.1) is 0 Å². The molecular formula is C15H13NO5. The Hall–Kier alpha value is -3.02. The molecule has 0 aliphatic heterocycles. The van der Waals surface area contributed by atoms with Crippen LogP contribution in [-0.4, -0.2) is 22.1 Å². The molecular weight excluding hydrogens is 274 g/mol. The zero-order valence-electron chi connectivity index (χ0n) is 11.2. The summed E-state index contributed by atoms with van der Waals surface area (Å²) in [5.41, 5.74) is 0.713. The highest BCUT2D eigenvalue weighted by Crippen LogP contribution is 2.22. The Labute approximate surface area is 120 Å². The second-order valence-corrected chi connectivity index (χ2v) is 4.33. The lowest BCUT2D eigenvalue weighted by Crippen LogP contribution is -2.09. The van der Waals surface area contributed by atoms with Crippen molar-refractivity contribution in [3.8, 4) is 5.75 Å². The van der Waals surface area contributed by atoms with Gasteiger partial charge in [-0.1, -0.05) is 0 Å². The minimum Gasteiger partial charge on any atom is -0.507 e. The van der Waals surface area contributed by atoms with Crippen molar-refractivity contribution in [2.45, 2.75) is 6.92 Å². The van der Waals surface area contributed by atoms with Crippen molar-refractivity contribution in [1.29, 1.82) is 0 Å². The molecule has 1 aromatic carbocycles. The molecule has 2 aromatic rings. The Kier molecular flexibility index (Phi) is 4.08. The smallest absolute Gasteiger partial charge is 0.339 e. The molecule has 0 bridgehead atoms. The topological polar surface area (TPSA) is 99.8 Å². The van der Waals surface area contributed by atoms with Crippen LogP contribution in [0.2, 0.25) is 0 Å². The van der Waals surface area contributed by atoms with Crippen LogP contribution in [0.1, 0.15) is 23.0 Å². The third-order valence-corrected chi connectivity index (χ3v) is 2.75. The molecule has 0 spiro atoms. The number of amides is 1. The molecule has 1 amide bonds. The van der Waals surface area contributed by atoms with E-state index in [0.29, 0.717) is 17.0 Å². The number of benzene rings is 1. The quantitative estimate of drug-likeness (QED) is 0.751. The number of aromatic carboxylic acids is 1. The van der Waals surface area contributed by atoms with Gasteiger partial charge in [-0.15, -0.1) is 0 Å². The van der Waals surface area contributed by atoms with Gasteiger partial charge in [0.25, 0.3) is 0 Å². The maximum atomic E-state index is 11.8. The molecule has 0 fully saturated rings. The zero-order chi connectivity index (χ0) is 15.4. The second kappa shape index (κ2) is 5.96. The first kappa shape index (κ1) is 14.4. The molecule has 108 valence electrons. The van der Waals surface area contributed by atoms with Gasteiger partial charge >= 0.3 is 5.97 Å². The number of carboxylic acid groups (broad SMARTS) is 1. The second-order valence-electron chi connectivity index (χ2n) is 4.33. The average Bonchev–Trinajstić information content (AvgIpc) is 2.91. The minimum absolute atomic E-state index is 0.227. The Bertz CT molecular complexity index is 701. The van der Waals surface area contributed by atoms with Crippen LogP contribution < -0.4 is 5.32 Å². The highest BCUT2D eigenvalue weighted by molar-refractivity contribution is 6.04. The van der Waals surface area contributed by atoms with Gasteiger partial charge in [-0.05, 0) is 36.8 Å². The lowest BCUT2D eigenvalue weighted by Gasteiger charge is -2.05. The van der Waals surface area contributed by atoms with Gasteiger partial charge in [-0.2, -0.15) is 0 Å². The fraction of sp³-hybridized carbons (Fsp3) is 0.0667. The SMILES string of the molecule is CC(=CC(=O)Nc1ccc(C(=O)O)c(O)c1)c1ccco1. The van der Waals surface area contributed by atoms with E-state index in [1.807, 2.05) is 0 Å². The maximum Gasteiger partial charge on any atom is 0.339 e. The molecule has 0 unspecified atom stereocenters. The molecule has 0 aliphatic rings. The number of anilines is 1. The molecule has 0 aliphatic carbocycles. The highest BCUT2D eigenvalue weighted by Gasteiger charge is 2.10. The Morgan fingerprint density at radius 3 is 2.62 bits per heavy atom. The maximum absolute atomic E-state index is 11.8. The lowest BCUT2D eigenvalue weighted by atomic mass is 10.1. The molecule has 0 saturated heterocycles. The number of hydrogen-bond acceptors (Lipinski definition) is 4. The predicted molar refractivity (Wildman–Crippen MR) is 76.1 cm³/mol. The number of carbonyl (C=O) groups is 2. The summed E-state index contributed by atoms with van der Waals surface area (Å²) in [6.45, 7) is 1.73. The molecule has 21 heavy (non-hydrogen) atoms. The van der Waals surface area contributed by atoms with E-state index < -0.39 is 17.6 Å². The van der Waals surface area contributed by atoms with Gasteiger partial charge in [0.1, 0.15) is 17.1 Å². The highest BCUT2D eigenvalue weighted by atomic mass is 16.4. The van der Waals surface area contributed by atoms with Crippen molar-refractivity contribution in [1.82, 2.24) is 0 Å². The molecule has 1 aromatic heterocycles. The first-order valence-electron chi connectivity index (χ1n) is 6.07. The number of hydrogen-bond donors (Lipinski definition) is 3. The standard InChI is InChI=1S/C15H13NO5/c1-9(13-3-2-6-21-13)7-14(18)16-10-4-5-11(15(19)20)12(17)8-10/h2-8,17H,1H3,(H,16,18)(H,19,20). The van der Waals surface area contributed by atoms with Gasteiger partial charge in [-0.25, -0.2) is 4.79 Å². The number of allylic oxidation sites excluding steroid dienone is 1. The van der Waals surface area contributed by atoms with Crippen LogP contribution in [0.4, 0.5) is 5.69 Å². The number of phenols is 1. The number of carbonyl (C=O) groups excluding carboxylic acids is 1. The van der Waals surface area contributed by atoms with Crippen LogP contribution in [0.25, 0.3) is 5.57 Å². The molecule has 6 heteroatoms. The summed E-state index contributed by atoms with van der Waals surface area (Å²) >= 11 is 0. The normalized spacial score (nSPS) is 11.2. The van der Waals surface area contributed by atoms with Crippen LogP contribution in [0.15, 0.2) is 47.1 Å². The van der Waals surface area contributed by atoms with E-state index in [4.69, 9.17) is 9.52 Å². The van der Waals surface area contributed by atoms with Gasteiger partial charge in [0.2, 0.25) is 5.91 Å². The first-order valence-corrected chi connectivity index (χ1v) is 6.07. The zero-order valence-corrected chi connectivity index (χ0v) is 11.2. The fourth-order valence-electron chi connectivity index (χ4n) is 1.74. The van der Waals surface area contributed by atoms with E-state index >= 15 is 0 Å². The summed E-state index contributed by atoms with van der Waals surface area (Å²) in [6.07, 6.45) is 2.86. The van der Waals surface area contributed by atoms with Gasteiger partial charge in [0.15, 0.2) is 0 Å². The molecule has 2 rings (SSSR count). The largest absolute Gasteiger partial charge is 0.507 e. The summed E-state index contributed by atoms with van der Waals surface area (Å²) in [6, 6.07) is 7.24. The van der Waals surface area contributed by atoms with Crippen LogP contribution in [0.3, 0.4) is 0 Å². The fourth-order valence-corrected chi connectivity index (χ4v) is 1.74. The number of rotatable bonds is 4. The van der Waals surface area contributed by atoms with Gasteiger partial charge < -0.3 is 19.9 Å². The van der Waals surface area contributed by atoms with Crippen molar-refractivity contribution < 1.29 is 24.2 Å². The summed E-state index contributed by atoms with van der Waals surface area (Å²) in [7, 11) is 0. The van der Waals surface area contributed by atoms with Crippen molar-refractivity contribution in [3.05, 3.63) is 54.0 Å². The van der Waals surface area contributed by atoms with Crippen molar-refractivity contribution >= 4 is 23.1 Å². The molecule has 0 radical (unpaired) electrons.